The SMILES string of the molecule is CC1CCCC(CO)(NC(=O)Cn2ccnn2)C1. The molecule has 6 heteroatoms. The number of amides is 1. The summed E-state index contributed by atoms with van der Waals surface area (Å²) in [4.78, 5) is 11.9. The minimum atomic E-state index is -0.449. The molecule has 2 atom stereocenters. The molecule has 2 N–H and O–H groups in total. The van der Waals surface area contributed by atoms with Crippen LogP contribution in [0.3, 0.4) is 0 Å². The molecule has 0 aromatic carbocycles. The van der Waals surface area contributed by atoms with Crippen molar-refractivity contribution in [3.8, 4) is 0 Å². The third kappa shape index (κ3) is 3.07. The van der Waals surface area contributed by atoms with Crippen LogP contribution < -0.4 is 5.32 Å². The zero-order chi connectivity index (χ0) is 13.0. The summed E-state index contributed by atoms with van der Waals surface area (Å²) >= 11 is 0. The number of hydrogen-bond acceptors (Lipinski definition) is 4. The van der Waals surface area contributed by atoms with Crippen LogP contribution in [0, 0.1) is 5.92 Å². The van der Waals surface area contributed by atoms with Gasteiger partial charge in [0, 0.05) is 6.20 Å². The van der Waals surface area contributed by atoms with Gasteiger partial charge in [-0.25, -0.2) is 4.68 Å². The molecule has 1 saturated carbocycles. The number of nitrogens with zero attached hydrogens (tertiary/aromatic N) is 3. The Bertz CT molecular complexity index is 393. The average Bonchev–Trinajstić information content (AvgIpc) is 2.81. The number of aliphatic hydroxyl groups is 1. The minimum Gasteiger partial charge on any atom is -0.394 e. The van der Waals surface area contributed by atoms with E-state index >= 15 is 0 Å². The number of hydrogen-bond donors (Lipinski definition) is 2. The lowest BCUT2D eigenvalue weighted by Gasteiger charge is -2.39. The molecule has 0 bridgehead atoms. The van der Waals surface area contributed by atoms with E-state index < -0.39 is 5.54 Å². The Hall–Kier alpha value is -1.43. The Morgan fingerprint density at radius 3 is 3.11 bits per heavy atom. The summed E-state index contributed by atoms with van der Waals surface area (Å²) in [6.45, 7) is 2.31. The molecule has 1 aliphatic carbocycles. The normalized spacial score (nSPS) is 28.0. The van der Waals surface area contributed by atoms with Crippen molar-refractivity contribution in [2.45, 2.75) is 44.7 Å². The number of nitrogens with one attached hydrogen (secondary N) is 1. The molecule has 2 rings (SSSR count). The van der Waals surface area contributed by atoms with Crippen LogP contribution in [0.1, 0.15) is 32.6 Å². The van der Waals surface area contributed by atoms with E-state index in [2.05, 4.69) is 22.6 Å². The van der Waals surface area contributed by atoms with E-state index in [1.165, 1.54) is 17.3 Å². The van der Waals surface area contributed by atoms with Crippen LogP contribution in [0.25, 0.3) is 0 Å². The number of aliphatic hydroxyl groups excluding tert-OH is 1. The van der Waals surface area contributed by atoms with Gasteiger partial charge in [0.15, 0.2) is 0 Å². The summed E-state index contributed by atoms with van der Waals surface area (Å²) in [5.74, 6) is 0.418. The largest absolute Gasteiger partial charge is 0.394 e. The third-order valence-corrected chi connectivity index (χ3v) is 3.58. The first kappa shape index (κ1) is 13.0. The van der Waals surface area contributed by atoms with Gasteiger partial charge in [-0.3, -0.25) is 4.79 Å². The quantitative estimate of drug-likeness (QED) is 0.809. The molecule has 0 aliphatic heterocycles. The molecule has 1 aromatic heterocycles. The van der Waals surface area contributed by atoms with Crippen LogP contribution in [0.5, 0.6) is 0 Å². The van der Waals surface area contributed by atoms with Crippen LogP contribution in [0.15, 0.2) is 12.4 Å². The minimum absolute atomic E-state index is 0.000434. The molecule has 0 saturated heterocycles. The summed E-state index contributed by atoms with van der Waals surface area (Å²) in [5, 5.41) is 20.0. The fourth-order valence-electron chi connectivity index (χ4n) is 2.76. The van der Waals surface area contributed by atoms with E-state index in [0.717, 1.165) is 19.3 Å². The molecule has 1 heterocycles. The van der Waals surface area contributed by atoms with E-state index in [9.17, 15) is 9.90 Å². The van der Waals surface area contributed by atoms with Crippen LogP contribution >= 0.6 is 0 Å². The average molecular weight is 252 g/mol. The van der Waals surface area contributed by atoms with Crippen LogP contribution in [0.2, 0.25) is 0 Å². The van der Waals surface area contributed by atoms with Gasteiger partial charge in [0.2, 0.25) is 5.91 Å². The topological polar surface area (TPSA) is 80.0 Å². The Balaban J connectivity index is 1.95. The first-order chi connectivity index (χ1) is 8.63. The summed E-state index contributed by atoms with van der Waals surface area (Å²) in [5.41, 5.74) is -0.449. The molecular weight excluding hydrogens is 232 g/mol. The Morgan fingerprint density at radius 1 is 1.67 bits per heavy atom. The maximum Gasteiger partial charge on any atom is 0.242 e. The monoisotopic (exact) mass is 252 g/mol. The second kappa shape index (κ2) is 5.48. The van der Waals surface area contributed by atoms with Crippen molar-refractivity contribution in [2.75, 3.05) is 6.61 Å². The predicted molar refractivity (Wildman–Crippen MR) is 65.6 cm³/mol. The highest BCUT2D eigenvalue weighted by Crippen LogP contribution is 2.31. The highest BCUT2D eigenvalue weighted by molar-refractivity contribution is 5.76. The lowest BCUT2D eigenvalue weighted by molar-refractivity contribution is -0.125. The second-order valence-electron chi connectivity index (χ2n) is 5.29. The van der Waals surface area contributed by atoms with E-state index in [0.29, 0.717) is 5.92 Å². The van der Waals surface area contributed by atoms with E-state index in [-0.39, 0.29) is 19.1 Å². The summed E-state index contributed by atoms with van der Waals surface area (Å²) in [6, 6.07) is 0. The van der Waals surface area contributed by atoms with Gasteiger partial charge in [-0.2, -0.15) is 0 Å². The van der Waals surface area contributed by atoms with Gasteiger partial charge < -0.3 is 10.4 Å². The lowest BCUT2D eigenvalue weighted by Crippen LogP contribution is -2.54. The van der Waals surface area contributed by atoms with Crippen molar-refractivity contribution in [1.29, 1.82) is 0 Å². The summed E-state index contributed by atoms with van der Waals surface area (Å²) in [7, 11) is 0. The standard InChI is InChI=1S/C12H20N4O2/c1-10-3-2-4-12(7-10,9-17)14-11(18)8-16-6-5-13-15-16/h5-6,10,17H,2-4,7-9H2,1H3,(H,14,18). The number of rotatable bonds is 4. The molecule has 1 aromatic rings. The highest BCUT2D eigenvalue weighted by Gasteiger charge is 2.35. The van der Waals surface area contributed by atoms with Crippen molar-refractivity contribution in [3.63, 3.8) is 0 Å². The summed E-state index contributed by atoms with van der Waals surface area (Å²) in [6.07, 6.45) is 7.09. The molecule has 0 spiro atoms. The van der Waals surface area contributed by atoms with Crippen molar-refractivity contribution < 1.29 is 9.90 Å². The van der Waals surface area contributed by atoms with Crippen molar-refractivity contribution >= 4 is 5.91 Å². The predicted octanol–water partition coefficient (Wildman–Crippen LogP) is 0.335. The third-order valence-electron chi connectivity index (χ3n) is 3.58. The van der Waals surface area contributed by atoms with Crippen molar-refractivity contribution in [3.05, 3.63) is 12.4 Å². The van der Waals surface area contributed by atoms with Crippen LogP contribution in [0.4, 0.5) is 0 Å². The van der Waals surface area contributed by atoms with Gasteiger partial charge >= 0.3 is 0 Å². The van der Waals surface area contributed by atoms with Crippen LogP contribution in [-0.2, 0) is 11.3 Å². The molecule has 2 unspecified atom stereocenters. The molecule has 1 fully saturated rings. The van der Waals surface area contributed by atoms with Gasteiger partial charge in [-0.1, -0.05) is 25.0 Å². The van der Waals surface area contributed by atoms with Gasteiger partial charge in [-0.15, -0.1) is 5.10 Å². The fourth-order valence-corrected chi connectivity index (χ4v) is 2.76. The maximum absolute atomic E-state index is 11.9. The summed E-state index contributed by atoms with van der Waals surface area (Å²) < 4.78 is 1.48. The molecule has 0 radical (unpaired) electrons. The van der Waals surface area contributed by atoms with Crippen molar-refractivity contribution in [2.24, 2.45) is 5.92 Å². The molecule has 1 amide bonds. The number of carbonyl (C=O) groups is 1. The van der Waals surface area contributed by atoms with Gasteiger partial charge in [-0.05, 0) is 18.8 Å². The molecular formula is C12H20N4O2. The van der Waals surface area contributed by atoms with Crippen LogP contribution in [-0.4, -0.2) is 38.2 Å². The first-order valence-electron chi connectivity index (χ1n) is 6.39. The lowest BCUT2D eigenvalue weighted by atomic mass is 9.77. The smallest absolute Gasteiger partial charge is 0.242 e. The van der Waals surface area contributed by atoms with Gasteiger partial charge in [0.25, 0.3) is 0 Å². The highest BCUT2D eigenvalue weighted by atomic mass is 16.3. The Kier molecular flexibility index (Phi) is 3.96. The molecule has 6 nitrogen and oxygen atoms in total. The van der Waals surface area contributed by atoms with Gasteiger partial charge in [0.1, 0.15) is 6.54 Å². The van der Waals surface area contributed by atoms with E-state index in [4.69, 9.17) is 0 Å². The fraction of sp³-hybridized carbons (Fsp3) is 0.750. The Morgan fingerprint density at radius 2 is 2.50 bits per heavy atom. The van der Waals surface area contributed by atoms with Crippen molar-refractivity contribution in [1.82, 2.24) is 20.3 Å². The zero-order valence-electron chi connectivity index (χ0n) is 10.7. The van der Waals surface area contributed by atoms with E-state index in [1.54, 1.807) is 6.20 Å². The zero-order valence-corrected chi connectivity index (χ0v) is 10.7. The molecule has 1 aliphatic rings. The molecule has 18 heavy (non-hydrogen) atoms. The Labute approximate surface area is 106 Å². The van der Waals surface area contributed by atoms with Gasteiger partial charge in [0.05, 0.1) is 18.3 Å². The molecule has 100 valence electrons. The number of aromatic nitrogens is 3. The first-order valence-corrected chi connectivity index (χ1v) is 6.39. The van der Waals surface area contributed by atoms with E-state index in [1.807, 2.05) is 0 Å². The maximum atomic E-state index is 11.9. The number of carbonyl (C=O) groups excluding carboxylic acids is 1. The second-order valence-corrected chi connectivity index (χ2v) is 5.29.